The van der Waals surface area contributed by atoms with Crippen molar-refractivity contribution in [2.45, 2.75) is 0 Å². The van der Waals surface area contributed by atoms with Crippen molar-refractivity contribution in [3.63, 3.8) is 0 Å². The minimum absolute atomic E-state index is 1.06. The van der Waals surface area contributed by atoms with Gasteiger partial charge in [0.05, 0.1) is 16.7 Å². The number of para-hydroxylation sites is 3. The molecule has 0 spiro atoms. The second-order valence-corrected chi connectivity index (χ2v) is 11.1. The Balaban J connectivity index is 1.28. The van der Waals surface area contributed by atoms with Gasteiger partial charge in [0.1, 0.15) is 0 Å². The van der Waals surface area contributed by atoms with Crippen molar-refractivity contribution in [1.29, 1.82) is 0 Å². The first-order chi connectivity index (χ1) is 22.3. The van der Waals surface area contributed by atoms with Gasteiger partial charge in [-0.3, -0.25) is 0 Å². The van der Waals surface area contributed by atoms with Crippen LogP contribution in [0.3, 0.4) is 0 Å². The molecule has 0 saturated carbocycles. The number of anilines is 5. The fourth-order valence-corrected chi connectivity index (χ4v) is 6.28. The molecule has 1 heterocycles. The minimum atomic E-state index is 1.06. The summed E-state index contributed by atoms with van der Waals surface area (Å²) in [5.74, 6) is 0. The highest BCUT2D eigenvalue weighted by Crippen LogP contribution is 2.44. The van der Waals surface area contributed by atoms with Gasteiger partial charge in [0.2, 0.25) is 0 Å². The molecule has 45 heavy (non-hydrogen) atoms. The molecule has 0 fully saturated rings. The first-order valence-corrected chi connectivity index (χ1v) is 15.3. The molecule has 1 N–H and O–H groups in total. The Labute approximate surface area is 263 Å². The largest absolute Gasteiger partial charge is 0.356 e. The van der Waals surface area contributed by atoms with Crippen molar-refractivity contribution in [2.75, 3.05) is 10.2 Å². The van der Waals surface area contributed by atoms with E-state index in [4.69, 9.17) is 0 Å². The Kier molecular flexibility index (Phi) is 6.82. The molecule has 214 valence electrons. The van der Waals surface area contributed by atoms with E-state index in [2.05, 4.69) is 179 Å². The number of nitrogens with one attached hydrogen (secondary N) is 1. The van der Waals surface area contributed by atoms with Crippen molar-refractivity contribution >= 4 is 50.2 Å². The molecule has 0 aliphatic rings. The lowest BCUT2D eigenvalue weighted by Gasteiger charge is -2.26. The van der Waals surface area contributed by atoms with Crippen molar-refractivity contribution in [3.05, 3.63) is 182 Å². The highest BCUT2D eigenvalue weighted by atomic mass is 15.1. The number of benzene rings is 7. The lowest BCUT2D eigenvalue weighted by atomic mass is 10.0. The van der Waals surface area contributed by atoms with Gasteiger partial charge in [0, 0.05) is 39.2 Å². The van der Waals surface area contributed by atoms with Gasteiger partial charge in [-0.15, -0.1) is 0 Å². The second-order valence-electron chi connectivity index (χ2n) is 11.1. The van der Waals surface area contributed by atoms with Crippen LogP contribution in [0.15, 0.2) is 182 Å². The summed E-state index contributed by atoms with van der Waals surface area (Å²) in [6.07, 6.45) is 0. The Morgan fingerprint density at radius 3 is 1.69 bits per heavy atom. The van der Waals surface area contributed by atoms with Gasteiger partial charge in [-0.1, -0.05) is 103 Å². The molecule has 3 nitrogen and oxygen atoms in total. The summed E-state index contributed by atoms with van der Waals surface area (Å²) in [6, 6.07) is 64.4. The van der Waals surface area contributed by atoms with Crippen LogP contribution in [0.4, 0.5) is 28.4 Å². The third kappa shape index (κ3) is 5.01. The predicted molar refractivity (Wildman–Crippen MR) is 191 cm³/mol. The summed E-state index contributed by atoms with van der Waals surface area (Å²) in [7, 11) is 0. The molecule has 0 atom stereocenters. The molecule has 3 heteroatoms. The monoisotopic (exact) mass is 577 g/mol. The van der Waals surface area contributed by atoms with E-state index >= 15 is 0 Å². The second kappa shape index (κ2) is 11.6. The molecule has 0 aliphatic heterocycles. The van der Waals surface area contributed by atoms with E-state index in [1.54, 1.807) is 0 Å². The van der Waals surface area contributed by atoms with Gasteiger partial charge in [-0.05, 0) is 90.0 Å². The van der Waals surface area contributed by atoms with Gasteiger partial charge in [0.25, 0.3) is 0 Å². The normalized spacial score (nSPS) is 11.1. The van der Waals surface area contributed by atoms with E-state index in [1.807, 2.05) is 18.2 Å². The smallest absolute Gasteiger partial charge is 0.0562 e. The maximum atomic E-state index is 3.51. The Morgan fingerprint density at radius 2 is 0.956 bits per heavy atom. The lowest BCUT2D eigenvalue weighted by molar-refractivity contribution is 1.18. The maximum Gasteiger partial charge on any atom is 0.0562 e. The molecule has 0 radical (unpaired) electrons. The average Bonchev–Trinajstić information content (AvgIpc) is 3.45. The van der Waals surface area contributed by atoms with Crippen molar-refractivity contribution in [1.82, 2.24) is 4.57 Å². The van der Waals surface area contributed by atoms with Crippen LogP contribution in [0.1, 0.15) is 0 Å². The summed E-state index contributed by atoms with van der Waals surface area (Å²) in [6.45, 7) is 0. The molecule has 0 aliphatic carbocycles. The van der Waals surface area contributed by atoms with E-state index < -0.39 is 0 Å². The summed E-state index contributed by atoms with van der Waals surface area (Å²) in [5.41, 5.74) is 11.4. The SMILES string of the molecule is c1ccc(Nc2ccc(-n3c4ccccc4c4c(N(c5ccccc5)c5ccc(-c6ccccc6)cc5)cccc43)cc2)cc1. The summed E-state index contributed by atoms with van der Waals surface area (Å²) >= 11 is 0. The van der Waals surface area contributed by atoms with Crippen LogP contribution in [0, 0.1) is 0 Å². The number of aromatic nitrogens is 1. The molecule has 0 saturated heterocycles. The van der Waals surface area contributed by atoms with Crippen molar-refractivity contribution in [3.8, 4) is 16.8 Å². The number of rotatable bonds is 7. The number of fused-ring (bicyclic) bond motifs is 3. The zero-order valence-electron chi connectivity index (χ0n) is 24.7. The van der Waals surface area contributed by atoms with Gasteiger partial charge in [-0.25, -0.2) is 0 Å². The molecular weight excluding hydrogens is 546 g/mol. The highest BCUT2D eigenvalue weighted by Gasteiger charge is 2.20. The molecule has 7 aromatic carbocycles. The van der Waals surface area contributed by atoms with E-state index in [0.29, 0.717) is 0 Å². The topological polar surface area (TPSA) is 20.2 Å². The number of hydrogen-bond donors (Lipinski definition) is 1. The van der Waals surface area contributed by atoms with Crippen LogP contribution in [0.2, 0.25) is 0 Å². The van der Waals surface area contributed by atoms with E-state index in [9.17, 15) is 0 Å². The zero-order valence-corrected chi connectivity index (χ0v) is 24.7. The van der Waals surface area contributed by atoms with Gasteiger partial charge >= 0.3 is 0 Å². The van der Waals surface area contributed by atoms with Crippen LogP contribution in [-0.4, -0.2) is 4.57 Å². The summed E-state index contributed by atoms with van der Waals surface area (Å²) in [4.78, 5) is 2.38. The fraction of sp³-hybridized carbons (Fsp3) is 0. The minimum Gasteiger partial charge on any atom is -0.356 e. The standard InChI is InChI=1S/C42H31N3/c1-4-13-31(14-5-1)32-23-27-36(28-24-32)44(35-17-8-3-9-18-35)40-21-12-22-41-42(40)38-19-10-11-20-39(38)45(41)37-29-25-34(26-30-37)43-33-15-6-2-7-16-33/h1-30,43H. The summed E-state index contributed by atoms with van der Waals surface area (Å²) in [5, 5.41) is 5.95. The highest BCUT2D eigenvalue weighted by molar-refractivity contribution is 6.16. The Hall–Kier alpha value is -6.06. The number of nitrogens with zero attached hydrogens (tertiary/aromatic N) is 2. The zero-order chi connectivity index (χ0) is 30.0. The van der Waals surface area contributed by atoms with E-state index in [-0.39, 0.29) is 0 Å². The first kappa shape index (κ1) is 26.6. The van der Waals surface area contributed by atoms with Gasteiger partial charge in [0.15, 0.2) is 0 Å². The molecule has 8 rings (SSSR count). The van der Waals surface area contributed by atoms with Gasteiger partial charge in [-0.2, -0.15) is 0 Å². The summed E-state index contributed by atoms with van der Waals surface area (Å²) < 4.78 is 2.38. The molecule has 0 unspecified atom stereocenters. The Bertz CT molecular complexity index is 2200. The van der Waals surface area contributed by atoms with Crippen molar-refractivity contribution < 1.29 is 0 Å². The van der Waals surface area contributed by atoms with Crippen molar-refractivity contribution in [2.24, 2.45) is 0 Å². The fourth-order valence-electron chi connectivity index (χ4n) is 6.28. The predicted octanol–water partition coefficient (Wildman–Crippen LogP) is 11.7. The molecule has 1 aromatic heterocycles. The quantitative estimate of drug-likeness (QED) is 0.203. The molecular formula is C42H31N3. The third-order valence-corrected chi connectivity index (χ3v) is 8.35. The first-order valence-electron chi connectivity index (χ1n) is 15.3. The van der Waals surface area contributed by atoms with Gasteiger partial charge < -0.3 is 14.8 Å². The lowest BCUT2D eigenvalue weighted by Crippen LogP contribution is -2.10. The van der Waals surface area contributed by atoms with Crippen LogP contribution >= 0.6 is 0 Å². The molecule has 8 aromatic rings. The Morgan fingerprint density at radius 1 is 0.400 bits per heavy atom. The van der Waals surface area contributed by atoms with Crippen LogP contribution < -0.4 is 10.2 Å². The van der Waals surface area contributed by atoms with E-state index in [0.717, 1.165) is 34.1 Å². The van der Waals surface area contributed by atoms with Crippen LogP contribution in [-0.2, 0) is 0 Å². The molecule has 0 bridgehead atoms. The number of hydrogen-bond acceptors (Lipinski definition) is 2. The van der Waals surface area contributed by atoms with E-state index in [1.165, 1.54) is 32.9 Å². The molecule has 0 amide bonds. The van der Waals surface area contributed by atoms with Crippen LogP contribution in [0.25, 0.3) is 38.6 Å². The van der Waals surface area contributed by atoms with Crippen LogP contribution in [0.5, 0.6) is 0 Å². The maximum absolute atomic E-state index is 3.51. The average molecular weight is 578 g/mol. The third-order valence-electron chi connectivity index (χ3n) is 8.35.